The maximum absolute atomic E-state index is 13.0. The molecule has 0 amide bonds. The van der Waals surface area contributed by atoms with Gasteiger partial charge in [0.2, 0.25) is 0 Å². The van der Waals surface area contributed by atoms with Crippen LogP contribution in [0.3, 0.4) is 0 Å². The number of hydrogen-bond donors (Lipinski definition) is 1. The van der Waals surface area contributed by atoms with Gasteiger partial charge in [-0.05, 0) is 38.7 Å². The molecule has 1 aromatic carbocycles. The molecule has 0 radical (unpaired) electrons. The van der Waals surface area contributed by atoms with Crippen molar-refractivity contribution < 1.29 is 14.3 Å². The van der Waals surface area contributed by atoms with Crippen molar-refractivity contribution in [1.82, 2.24) is 4.90 Å². The third kappa shape index (κ3) is 1.99. The molecule has 1 rings (SSSR count). The first-order valence-electron chi connectivity index (χ1n) is 4.56. The van der Waals surface area contributed by atoms with Gasteiger partial charge in [-0.3, -0.25) is 4.90 Å². The zero-order valence-electron chi connectivity index (χ0n) is 8.99. The zero-order chi connectivity index (χ0) is 11.6. The Morgan fingerprint density at radius 1 is 1.47 bits per heavy atom. The lowest BCUT2D eigenvalue weighted by Gasteiger charge is -2.32. The second kappa shape index (κ2) is 3.98. The van der Waals surface area contributed by atoms with E-state index in [9.17, 15) is 14.3 Å². The Kier molecular flexibility index (Phi) is 3.09. The van der Waals surface area contributed by atoms with Crippen molar-refractivity contribution in [2.24, 2.45) is 0 Å². The first-order chi connectivity index (χ1) is 6.89. The monoisotopic (exact) mass is 211 g/mol. The molecule has 0 aliphatic rings. The summed E-state index contributed by atoms with van der Waals surface area (Å²) in [6.45, 7) is 1.55. The molecule has 4 heteroatoms. The summed E-state index contributed by atoms with van der Waals surface area (Å²) in [6, 6.07) is 5.65. The Bertz CT molecular complexity index is 379. The van der Waals surface area contributed by atoms with E-state index < -0.39 is 17.3 Å². The van der Waals surface area contributed by atoms with Crippen LogP contribution in [-0.4, -0.2) is 30.1 Å². The van der Waals surface area contributed by atoms with Gasteiger partial charge >= 0.3 is 5.97 Å². The number of likely N-dealkylation sites (N-methyl/N-ethyl adjacent to an activating group) is 1. The minimum atomic E-state index is -1.21. The van der Waals surface area contributed by atoms with Crippen LogP contribution in [0.15, 0.2) is 24.3 Å². The number of rotatable bonds is 3. The van der Waals surface area contributed by atoms with E-state index in [0.29, 0.717) is 5.56 Å². The Hall–Kier alpha value is -1.42. The van der Waals surface area contributed by atoms with Crippen LogP contribution in [0.2, 0.25) is 0 Å². The molecule has 82 valence electrons. The molecule has 0 aliphatic heterocycles. The van der Waals surface area contributed by atoms with Gasteiger partial charge in [0.25, 0.3) is 0 Å². The van der Waals surface area contributed by atoms with Crippen molar-refractivity contribution in [2.75, 3.05) is 14.1 Å². The van der Waals surface area contributed by atoms with Crippen molar-refractivity contribution in [2.45, 2.75) is 12.5 Å². The lowest BCUT2D eigenvalue weighted by atomic mass is 9.91. The molecular weight excluding hydrogens is 197 g/mol. The topological polar surface area (TPSA) is 40.5 Å². The van der Waals surface area contributed by atoms with E-state index in [4.69, 9.17) is 0 Å². The number of halogens is 1. The highest BCUT2D eigenvalue weighted by Crippen LogP contribution is 2.26. The van der Waals surface area contributed by atoms with E-state index in [2.05, 4.69) is 0 Å². The first kappa shape index (κ1) is 11.7. The molecule has 1 N–H and O–H groups in total. The Morgan fingerprint density at radius 3 is 2.47 bits per heavy atom. The maximum Gasteiger partial charge on any atom is 0.328 e. The summed E-state index contributed by atoms with van der Waals surface area (Å²) >= 11 is 0. The van der Waals surface area contributed by atoms with E-state index in [1.165, 1.54) is 18.2 Å². The molecule has 15 heavy (non-hydrogen) atoms. The third-order valence-corrected chi connectivity index (χ3v) is 2.70. The highest BCUT2D eigenvalue weighted by atomic mass is 19.1. The quantitative estimate of drug-likeness (QED) is 0.827. The van der Waals surface area contributed by atoms with E-state index >= 15 is 0 Å². The van der Waals surface area contributed by atoms with Gasteiger partial charge in [-0.1, -0.05) is 12.1 Å². The van der Waals surface area contributed by atoms with Gasteiger partial charge in [-0.2, -0.15) is 0 Å². The van der Waals surface area contributed by atoms with Crippen molar-refractivity contribution >= 4 is 5.97 Å². The molecule has 0 saturated heterocycles. The molecule has 0 aromatic heterocycles. The number of carbonyl (C=O) groups is 1. The lowest BCUT2D eigenvalue weighted by Crippen LogP contribution is -2.45. The predicted molar refractivity (Wildman–Crippen MR) is 55.1 cm³/mol. The van der Waals surface area contributed by atoms with Crippen molar-refractivity contribution in [3.8, 4) is 0 Å². The van der Waals surface area contributed by atoms with Gasteiger partial charge in [-0.25, -0.2) is 9.18 Å². The normalized spacial score (nSPS) is 15.0. The minimum Gasteiger partial charge on any atom is -0.480 e. The van der Waals surface area contributed by atoms with Gasteiger partial charge in [0.15, 0.2) is 0 Å². The second-order valence-electron chi connectivity index (χ2n) is 3.78. The van der Waals surface area contributed by atoms with Crippen LogP contribution >= 0.6 is 0 Å². The summed E-state index contributed by atoms with van der Waals surface area (Å²) in [5.74, 6) is -1.43. The molecule has 0 saturated carbocycles. The van der Waals surface area contributed by atoms with Crippen LogP contribution in [0, 0.1) is 5.82 Å². The summed E-state index contributed by atoms with van der Waals surface area (Å²) in [5.41, 5.74) is -0.776. The molecule has 0 aliphatic carbocycles. The van der Waals surface area contributed by atoms with Crippen LogP contribution < -0.4 is 0 Å². The molecular formula is C11H14FNO2. The Labute approximate surface area is 88.1 Å². The second-order valence-corrected chi connectivity index (χ2v) is 3.78. The smallest absolute Gasteiger partial charge is 0.328 e. The molecule has 0 fully saturated rings. The molecule has 0 bridgehead atoms. The highest BCUT2D eigenvalue weighted by Gasteiger charge is 2.37. The van der Waals surface area contributed by atoms with Crippen molar-refractivity contribution in [3.63, 3.8) is 0 Å². The van der Waals surface area contributed by atoms with Crippen LogP contribution in [0.4, 0.5) is 4.39 Å². The average Bonchev–Trinajstić information content (AvgIpc) is 2.15. The number of hydrogen-bond acceptors (Lipinski definition) is 2. The minimum absolute atomic E-state index is 0.429. The van der Waals surface area contributed by atoms with Gasteiger partial charge in [0.05, 0.1) is 0 Å². The summed E-state index contributed by atoms with van der Waals surface area (Å²) < 4.78 is 13.0. The Balaban J connectivity index is 3.28. The predicted octanol–water partition coefficient (Wildman–Crippen LogP) is 1.69. The van der Waals surface area contributed by atoms with Crippen molar-refractivity contribution in [3.05, 3.63) is 35.6 Å². The molecule has 0 heterocycles. The average molecular weight is 211 g/mol. The molecule has 0 spiro atoms. The molecule has 1 aromatic rings. The lowest BCUT2D eigenvalue weighted by molar-refractivity contribution is -0.149. The molecule has 3 nitrogen and oxygen atoms in total. The Morgan fingerprint density at radius 2 is 2.07 bits per heavy atom. The fraction of sp³-hybridized carbons (Fsp3) is 0.364. The van der Waals surface area contributed by atoms with Crippen LogP contribution in [0.5, 0.6) is 0 Å². The SMILES string of the molecule is CN(C)C(C)(C(=O)O)c1cccc(F)c1. The molecule has 1 unspecified atom stereocenters. The number of nitrogens with zero attached hydrogens (tertiary/aromatic N) is 1. The third-order valence-electron chi connectivity index (χ3n) is 2.70. The van der Waals surface area contributed by atoms with Gasteiger partial charge in [0.1, 0.15) is 11.4 Å². The number of carboxylic acids is 1. The van der Waals surface area contributed by atoms with Crippen LogP contribution in [-0.2, 0) is 10.3 Å². The van der Waals surface area contributed by atoms with E-state index in [1.54, 1.807) is 32.0 Å². The van der Waals surface area contributed by atoms with Gasteiger partial charge in [-0.15, -0.1) is 0 Å². The highest BCUT2D eigenvalue weighted by molar-refractivity contribution is 5.80. The van der Waals surface area contributed by atoms with E-state index in [-0.39, 0.29) is 0 Å². The zero-order valence-corrected chi connectivity index (χ0v) is 8.99. The molecule has 1 atom stereocenters. The van der Waals surface area contributed by atoms with Gasteiger partial charge in [0, 0.05) is 0 Å². The number of aliphatic carboxylic acids is 1. The summed E-state index contributed by atoms with van der Waals surface area (Å²) in [6.07, 6.45) is 0. The number of carboxylic acid groups (broad SMARTS) is 1. The van der Waals surface area contributed by atoms with Crippen molar-refractivity contribution in [1.29, 1.82) is 0 Å². The summed E-state index contributed by atoms with van der Waals surface area (Å²) in [7, 11) is 3.30. The summed E-state index contributed by atoms with van der Waals surface area (Å²) in [4.78, 5) is 12.8. The standard InChI is InChI=1S/C11H14FNO2/c1-11(10(14)15,13(2)3)8-5-4-6-9(12)7-8/h4-7H,1-3H3,(H,14,15). The first-order valence-corrected chi connectivity index (χ1v) is 4.56. The van der Waals surface area contributed by atoms with E-state index in [1.807, 2.05) is 0 Å². The van der Waals surface area contributed by atoms with Gasteiger partial charge < -0.3 is 5.11 Å². The maximum atomic E-state index is 13.0. The van der Waals surface area contributed by atoms with Crippen LogP contribution in [0.25, 0.3) is 0 Å². The fourth-order valence-corrected chi connectivity index (χ4v) is 1.36. The summed E-state index contributed by atoms with van der Waals surface area (Å²) in [5, 5.41) is 9.18. The fourth-order valence-electron chi connectivity index (χ4n) is 1.36. The largest absolute Gasteiger partial charge is 0.480 e. The van der Waals surface area contributed by atoms with E-state index in [0.717, 1.165) is 0 Å². The van der Waals surface area contributed by atoms with Crippen LogP contribution in [0.1, 0.15) is 12.5 Å². The number of benzene rings is 1.